The van der Waals surface area contributed by atoms with Gasteiger partial charge in [-0.3, -0.25) is 9.59 Å². The molecule has 2 aromatic carbocycles. The van der Waals surface area contributed by atoms with Gasteiger partial charge in [-0.1, -0.05) is 0 Å². The molecule has 0 aliphatic heterocycles. The molecule has 0 unspecified atom stereocenters. The van der Waals surface area contributed by atoms with Crippen LogP contribution in [0.25, 0.3) is 0 Å². The Kier molecular flexibility index (Phi) is 7.59. The van der Waals surface area contributed by atoms with Crippen molar-refractivity contribution in [3.8, 4) is 0 Å². The lowest BCUT2D eigenvalue weighted by Crippen LogP contribution is -2.17. The quantitative estimate of drug-likeness (QED) is 0.261. The molecule has 0 spiro atoms. The molecule has 0 fully saturated rings. The van der Waals surface area contributed by atoms with E-state index in [4.69, 9.17) is 5.11 Å². The van der Waals surface area contributed by atoms with Crippen LogP contribution in [0.3, 0.4) is 0 Å². The highest BCUT2D eigenvalue weighted by Gasteiger charge is 2.20. The fourth-order valence-electron chi connectivity index (χ4n) is 2.08. The van der Waals surface area contributed by atoms with Crippen molar-refractivity contribution in [1.82, 2.24) is 0 Å². The Hall–Kier alpha value is -3.34. The van der Waals surface area contributed by atoms with Crippen molar-refractivity contribution in [1.29, 1.82) is 0 Å². The second-order valence-corrected chi connectivity index (χ2v) is 6.87. The highest BCUT2D eigenvalue weighted by atomic mass is 32.2. The van der Waals surface area contributed by atoms with Crippen molar-refractivity contribution in [3.63, 3.8) is 0 Å². The van der Waals surface area contributed by atoms with Gasteiger partial charge in [-0.05, 0) is 31.2 Å². The largest absolute Gasteiger partial charge is 0.478 e. The molecule has 0 radical (unpaired) electrons. The van der Waals surface area contributed by atoms with Crippen LogP contribution in [0.4, 0.5) is 28.9 Å². The zero-order valence-electron chi connectivity index (χ0n) is 15.3. The smallest absolute Gasteiger partial charge is 0.331 e. The first-order chi connectivity index (χ1) is 14.1. The van der Waals surface area contributed by atoms with Crippen LogP contribution in [0.5, 0.6) is 0 Å². The van der Waals surface area contributed by atoms with Gasteiger partial charge in [0.1, 0.15) is 5.69 Å². The Labute approximate surface area is 172 Å². The molecule has 2 aromatic rings. The van der Waals surface area contributed by atoms with E-state index in [1.54, 1.807) is 5.32 Å². The molecular weight excluding hydrogens is 428 g/mol. The Morgan fingerprint density at radius 2 is 1.57 bits per heavy atom. The van der Waals surface area contributed by atoms with E-state index < -0.39 is 46.7 Å². The highest BCUT2D eigenvalue weighted by Crippen LogP contribution is 2.25. The van der Waals surface area contributed by atoms with Crippen LogP contribution in [0.15, 0.2) is 46.9 Å². The van der Waals surface area contributed by atoms with Gasteiger partial charge < -0.3 is 15.7 Å². The molecule has 0 aliphatic rings. The molecule has 0 heterocycles. The summed E-state index contributed by atoms with van der Waals surface area (Å²) in [6.07, 6.45) is 0.919. The van der Waals surface area contributed by atoms with Gasteiger partial charge in [-0.25, -0.2) is 22.4 Å². The predicted octanol–water partition coefficient (Wildman–Crippen LogP) is 3.94. The molecule has 3 N–H and O–H groups in total. The first-order valence-corrected chi connectivity index (χ1v) is 9.15. The van der Waals surface area contributed by atoms with Gasteiger partial charge in [0.2, 0.25) is 11.8 Å². The van der Waals surface area contributed by atoms with Crippen LogP contribution in [0.1, 0.15) is 6.92 Å². The monoisotopic (exact) mass is 442 g/mol. The summed E-state index contributed by atoms with van der Waals surface area (Å²) in [5, 5.41) is 13.0. The second-order valence-electron chi connectivity index (χ2n) is 5.83. The van der Waals surface area contributed by atoms with E-state index in [1.807, 2.05) is 0 Å². The maximum absolute atomic E-state index is 13.6. The van der Waals surface area contributed by atoms with E-state index in [0.29, 0.717) is 10.6 Å². The predicted molar refractivity (Wildman–Crippen MR) is 102 cm³/mol. The standard InChI is InChI=1S/C19H14F4N2O4S/c1-9(19(28)29)6-14(26)24-10-2-4-11(5-3-10)30-8-15(27)25-18-16(22)12(20)7-13(21)17(18)23/h2-7H,8H2,1H3,(H,24,26)(H,25,27)(H,28,29)/b9-6-. The fraction of sp³-hybridized carbons (Fsp3) is 0.105. The average Bonchev–Trinajstić information content (AvgIpc) is 2.69. The number of amides is 2. The topological polar surface area (TPSA) is 95.5 Å². The number of thioether (sulfide) groups is 1. The fourth-order valence-corrected chi connectivity index (χ4v) is 2.78. The number of rotatable bonds is 7. The maximum Gasteiger partial charge on any atom is 0.331 e. The maximum atomic E-state index is 13.6. The van der Waals surface area contributed by atoms with Gasteiger partial charge in [0.05, 0.1) is 5.75 Å². The van der Waals surface area contributed by atoms with Gasteiger partial charge in [-0.15, -0.1) is 11.8 Å². The van der Waals surface area contributed by atoms with Crippen LogP contribution >= 0.6 is 11.8 Å². The zero-order valence-corrected chi connectivity index (χ0v) is 16.1. The van der Waals surface area contributed by atoms with Crippen molar-refractivity contribution in [2.45, 2.75) is 11.8 Å². The lowest BCUT2D eigenvalue weighted by Gasteiger charge is -2.09. The van der Waals surface area contributed by atoms with Crippen molar-refractivity contribution < 1.29 is 37.1 Å². The van der Waals surface area contributed by atoms with E-state index in [1.165, 1.54) is 31.2 Å². The van der Waals surface area contributed by atoms with Crippen LogP contribution in [0, 0.1) is 23.3 Å². The van der Waals surface area contributed by atoms with E-state index in [-0.39, 0.29) is 17.4 Å². The second kappa shape index (κ2) is 9.92. The number of carboxylic acids is 1. The normalized spacial score (nSPS) is 11.2. The van der Waals surface area contributed by atoms with E-state index in [9.17, 15) is 31.9 Å². The van der Waals surface area contributed by atoms with Crippen molar-refractivity contribution in [2.75, 3.05) is 16.4 Å². The van der Waals surface area contributed by atoms with Gasteiger partial charge in [0.15, 0.2) is 23.3 Å². The number of hydrogen-bond donors (Lipinski definition) is 3. The number of hydrogen-bond acceptors (Lipinski definition) is 4. The molecule has 11 heteroatoms. The number of benzene rings is 2. The summed E-state index contributed by atoms with van der Waals surface area (Å²) in [6.45, 7) is 1.27. The molecule has 158 valence electrons. The molecular formula is C19H14F4N2O4S. The van der Waals surface area contributed by atoms with Crippen molar-refractivity contribution >= 4 is 40.9 Å². The molecule has 30 heavy (non-hydrogen) atoms. The summed E-state index contributed by atoms with van der Waals surface area (Å²) < 4.78 is 53.4. The first kappa shape index (κ1) is 22.9. The summed E-state index contributed by atoms with van der Waals surface area (Å²) >= 11 is 0.963. The Balaban J connectivity index is 1.94. The first-order valence-electron chi connectivity index (χ1n) is 8.16. The Morgan fingerprint density at radius 1 is 1.00 bits per heavy atom. The number of carbonyl (C=O) groups excluding carboxylic acids is 2. The molecule has 0 saturated heterocycles. The van der Waals surface area contributed by atoms with Gasteiger partial charge >= 0.3 is 5.97 Å². The Morgan fingerprint density at radius 3 is 2.10 bits per heavy atom. The van der Waals surface area contributed by atoms with Crippen LogP contribution in [0.2, 0.25) is 0 Å². The SMILES string of the molecule is C/C(=C/C(=O)Nc1ccc(SCC(=O)Nc2c(F)c(F)cc(F)c2F)cc1)C(=O)O. The molecule has 0 aliphatic carbocycles. The van der Waals surface area contributed by atoms with Gasteiger partial charge in [-0.2, -0.15) is 0 Å². The van der Waals surface area contributed by atoms with Crippen LogP contribution in [-0.4, -0.2) is 28.6 Å². The number of aliphatic carboxylic acids is 1. The molecule has 6 nitrogen and oxygen atoms in total. The Bertz CT molecular complexity index is 1000. The van der Waals surface area contributed by atoms with Crippen LogP contribution in [-0.2, 0) is 14.4 Å². The van der Waals surface area contributed by atoms with Crippen molar-refractivity contribution in [2.24, 2.45) is 0 Å². The molecule has 0 saturated carbocycles. The van der Waals surface area contributed by atoms with Gasteiger partial charge in [0.25, 0.3) is 0 Å². The number of carbonyl (C=O) groups is 3. The minimum atomic E-state index is -1.71. The summed E-state index contributed by atoms with van der Waals surface area (Å²) in [6, 6.07) is 6.08. The summed E-state index contributed by atoms with van der Waals surface area (Å²) in [7, 11) is 0. The van der Waals surface area contributed by atoms with Crippen molar-refractivity contribution in [3.05, 3.63) is 65.2 Å². The number of anilines is 2. The molecule has 2 amide bonds. The third kappa shape index (κ3) is 6.08. The molecule has 0 atom stereocenters. The molecule has 2 rings (SSSR count). The number of halogens is 4. The average molecular weight is 442 g/mol. The summed E-state index contributed by atoms with van der Waals surface area (Å²) in [5.74, 6) is -9.76. The molecule has 0 aromatic heterocycles. The number of nitrogens with one attached hydrogen (secondary N) is 2. The number of carboxylic acid groups (broad SMARTS) is 1. The summed E-state index contributed by atoms with van der Waals surface area (Å²) in [4.78, 5) is 34.8. The zero-order chi connectivity index (χ0) is 22.4. The molecule has 0 bridgehead atoms. The highest BCUT2D eigenvalue weighted by molar-refractivity contribution is 8.00. The third-order valence-corrected chi connectivity index (χ3v) is 4.56. The van der Waals surface area contributed by atoms with Crippen LogP contribution < -0.4 is 10.6 Å². The lowest BCUT2D eigenvalue weighted by atomic mass is 10.2. The van der Waals surface area contributed by atoms with E-state index >= 15 is 0 Å². The van der Waals surface area contributed by atoms with E-state index in [2.05, 4.69) is 5.32 Å². The minimum Gasteiger partial charge on any atom is -0.478 e. The minimum absolute atomic E-state index is 0.0359. The van der Waals surface area contributed by atoms with E-state index in [0.717, 1.165) is 17.8 Å². The van der Waals surface area contributed by atoms with Gasteiger partial charge in [0, 0.05) is 28.3 Å². The lowest BCUT2D eigenvalue weighted by molar-refractivity contribution is -0.132. The summed E-state index contributed by atoms with van der Waals surface area (Å²) in [5.41, 5.74) is -0.986. The third-order valence-electron chi connectivity index (χ3n) is 3.55.